The fourth-order valence-corrected chi connectivity index (χ4v) is 3.97. The molecule has 2 atom stereocenters. The van der Waals surface area contributed by atoms with Gasteiger partial charge in [0.05, 0.1) is 10.6 Å². The molecule has 1 N–H and O–H groups in total. The van der Waals surface area contributed by atoms with Gasteiger partial charge in [0.15, 0.2) is 0 Å². The lowest BCUT2D eigenvalue weighted by atomic mass is 9.51. The molecule has 0 aliphatic heterocycles. The van der Waals surface area contributed by atoms with Gasteiger partial charge in [-0.2, -0.15) is 0 Å². The molecular weight excluding hydrogens is 321 g/mol. The van der Waals surface area contributed by atoms with Crippen LogP contribution in [0.5, 0.6) is 0 Å². The molecule has 0 heterocycles. The third-order valence-electron chi connectivity index (χ3n) is 5.03. The van der Waals surface area contributed by atoms with E-state index >= 15 is 0 Å². The zero-order valence-electron chi connectivity index (χ0n) is 12.0. The minimum Gasteiger partial charge on any atom is -0.381 e. The first kappa shape index (κ1) is 14.3. The summed E-state index contributed by atoms with van der Waals surface area (Å²) in [6.07, 6.45) is 5.26. The number of hydrogen-bond donors (Lipinski definition) is 1. The molecule has 0 aromatic heterocycles. The standard InChI is InChI=1S/C16H21BrFNO/c1-3-20-15-9-14(16(15)5-4-6-16)19-13-8-11(17)12(18)7-10(13)2/h7-8,14-15,19H,3-6,9H2,1-2H3. The lowest BCUT2D eigenvalue weighted by molar-refractivity contribution is -0.157. The first-order valence-electron chi connectivity index (χ1n) is 7.40. The summed E-state index contributed by atoms with van der Waals surface area (Å²) in [7, 11) is 0. The van der Waals surface area contributed by atoms with Crippen LogP contribution < -0.4 is 5.32 Å². The molecule has 2 aliphatic rings. The number of aryl methyl sites for hydroxylation is 1. The highest BCUT2D eigenvalue weighted by Gasteiger charge is 2.58. The van der Waals surface area contributed by atoms with Crippen molar-refractivity contribution in [2.24, 2.45) is 5.41 Å². The van der Waals surface area contributed by atoms with Crippen LogP contribution in [-0.2, 0) is 4.74 Å². The van der Waals surface area contributed by atoms with E-state index in [-0.39, 0.29) is 5.82 Å². The van der Waals surface area contributed by atoms with Crippen LogP contribution >= 0.6 is 15.9 Å². The van der Waals surface area contributed by atoms with E-state index in [0.717, 1.165) is 24.3 Å². The van der Waals surface area contributed by atoms with E-state index in [2.05, 4.69) is 28.2 Å². The Morgan fingerprint density at radius 2 is 2.20 bits per heavy atom. The maximum atomic E-state index is 13.5. The average Bonchev–Trinajstić information content (AvgIpc) is 2.32. The number of halogens is 2. The number of ether oxygens (including phenoxy) is 1. The van der Waals surface area contributed by atoms with Crippen LogP contribution in [0.1, 0.15) is 38.2 Å². The van der Waals surface area contributed by atoms with Gasteiger partial charge < -0.3 is 10.1 Å². The first-order valence-corrected chi connectivity index (χ1v) is 8.20. The zero-order chi connectivity index (χ0) is 14.3. The molecule has 3 rings (SSSR count). The van der Waals surface area contributed by atoms with E-state index in [1.54, 1.807) is 6.07 Å². The highest BCUT2D eigenvalue weighted by atomic mass is 79.9. The van der Waals surface area contributed by atoms with Gasteiger partial charge in [0, 0.05) is 23.8 Å². The van der Waals surface area contributed by atoms with Crippen LogP contribution in [-0.4, -0.2) is 18.8 Å². The van der Waals surface area contributed by atoms with Crippen molar-refractivity contribution in [3.63, 3.8) is 0 Å². The Morgan fingerprint density at radius 3 is 2.80 bits per heavy atom. The van der Waals surface area contributed by atoms with Gasteiger partial charge in [0.1, 0.15) is 5.82 Å². The summed E-state index contributed by atoms with van der Waals surface area (Å²) in [5.41, 5.74) is 2.31. The van der Waals surface area contributed by atoms with Crippen molar-refractivity contribution >= 4 is 21.6 Å². The van der Waals surface area contributed by atoms with Crippen molar-refractivity contribution in [3.05, 3.63) is 28.0 Å². The van der Waals surface area contributed by atoms with Crippen LogP contribution in [0.15, 0.2) is 16.6 Å². The largest absolute Gasteiger partial charge is 0.381 e. The van der Waals surface area contributed by atoms with Crippen molar-refractivity contribution in [2.45, 2.75) is 51.7 Å². The van der Waals surface area contributed by atoms with Crippen LogP contribution in [0.25, 0.3) is 0 Å². The molecule has 20 heavy (non-hydrogen) atoms. The van der Waals surface area contributed by atoms with Crippen molar-refractivity contribution in [2.75, 3.05) is 11.9 Å². The monoisotopic (exact) mass is 341 g/mol. The number of anilines is 1. The minimum atomic E-state index is -0.202. The number of rotatable bonds is 4. The lowest BCUT2D eigenvalue weighted by Gasteiger charge is -2.61. The second-order valence-electron chi connectivity index (χ2n) is 6.04. The van der Waals surface area contributed by atoms with Crippen LogP contribution in [0.2, 0.25) is 0 Å². The Bertz CT molecular complexity index is 515. The highest BCUT2D eigenvalue weighted by molar-refractivity contribution is 9.10. The molecule has 1 spiro atoms. The summed E-state index contributed by atoms with van der Waals surface area (Å²) in [5, 5.41) is 3.62. The Balaban J connectivity index is 1.74. The van der Waals surface area contributed by atoms with E-state index in [4.69, 9.17) is 4.74 Å². The van der Waals surface area contributed by atoms with Gasteiger partial charge in [-0.3, -0.25) is 0 Å². The van der Waals surface area contributed by atoms with E-state index in [1.165, 1.54) is 19.3 Å². The normalized spacial score (nSPS) is 27.0. The fraction of sp³-hybridized carbons (Fsp3) is 0.625. The quantitative estimate of drug-likeness (QED) is 0.860. The fourth-order valence-electron chi connectivity index (χ4n) is 3.63. The van der Waals surface area contributed by atoms with Gasteiger partial charge in [-0.15, -0.1) is 0 Å². The maximum Gasteiger partial charge on any atom is 0.137 e. The third kappa shape index (κ3) is 2.17. The lowest BCUT2D eigenvalue weighted by Crippen LogP contribution is -2.64. The zero-order valence-corrected chi connectivity index (χ0v) is 13.6. The second-order valence-corrected chi connectivity index (χ2v) is 6.90. The predicted molar refractivity (Wildman–Crippen MR) is 82.6 cm³/mol. The Morgan fingerprint density at radius 1 is 1.45 bits per heavy atom. The average molecular weight is 342 g/mol. The van der Waals surface area contributed by atoms with Gasteiger partial charge in [0.25, 0.3) is 0 Å². The summed E-state index contributed by atoms with van der Waals surface area (Å²) < 4.78 is 19.9. The van der Waals surface area contributed by atoms with Crippen molar-refractivity contribution in [1.29, 1.82) is 0 Å². The molecule has 0 radical (unpaired) electrons. The van der Waals surface area contributed by atoms with Crippen LogP contribution in [0.4, 0.5) is 10.1 Å². The van der Waals surface area contributed by atoms with Crippen molar-refractivity contribution in [3.8, 4) is 0 Å². The minimum absolute atomic E-state index is 0.202. The molecule has 2 unspecified atom stereocenters. The van der Waals surface area contributed by atoms with Gasteiger partial charge in [-0.25, -0.2) is 4.39 Å². The van der Waals surface area contributed by atoms with Gasteiger partial charge in [-0.05, 0) is 66.7 Å². The number of benzene rings is 1. The second kappa shape index (κ2) is 5.30. The number of hydrogen-bond acceptors (Lipinski definition) is 2. The molecule has 2 nitrogen and oxygen atoms in total. The summed E-state index contributed by atoms with van der Waals surface area (Å²) in [6.45, 7) is 4.80. The Kier molecular flexibility index (Phi) is 3.80. The van der Waals surface area contributed by atoms with Crippen molar-refractivity contribution in [1.82, 2.24) is 0 Å². The molecule has 110 valence electrons. The molecule has 1 aromatic rings. The molecule has 4 heteroatoms. The summed E-state index contributed by atoms with van der Waals surface area (Å²) in [5.74, 6) is -0.202. The molecular formula is C16H21BrFNO. The third-order valence-corrected chi connectivity index (χ3v) is 5.64. The van der Waals surface area contributed by atoms with E-state index in [1.807, 2.05) is 13.0 Å². The van der Waals surface area contributed by atoms with Gasteiger partial charge >= 0.3 is 0 Å². The smallest absolute Gasteiger partial charge is 0.137 e. The first-order chi connectivity index (χ1) is 9.56. The molecule has 0 amide bonds. The van der Waals surface area contributed by atoms with Gasteiger partial charge in [-0.1, -0.05) is 6.42 Å². The van der Waals surface area contributed by atoms with Crippen LogP contribution in [0, 0.1) is 18.2 Å². The topological polar surface area (TPSA) is 21.3 Å². The highest BCUT2D eigenvalue weighted by Crippen LogP contribution is 2.58. The van der Waals surface area contributed by atoms with Crippen LogP contribution in [0.3, 0.4) is 0 Å². The molecule has 2 aliphatic carbocycles. The predicted octanol–water partition coefficient (Wildman–Crippen LogP) is 4.66. The maximum absolute atomic E-state index is 13.5. The summed E-state index contributed by atoms with van der Waals surface area (Å²) in [6, 6.07) is 3.90. The van der Waals surface area contributed by atoms with Gasteiger partial charge in [0.2, 0.25) is 0 Å². The molecule has 2 saturated carbocycles. The van der Waals surface area contributed by atoms with Crippen molar-refractivity contribution < 1.29 is 9.13 Å². The molecule has 2 fully saturated rings. The van der Waals surface area contributed by atoms with E-state index < -0.39 is 0 Å². The van der Waals surface area contributed by atoms with E-state index in [0.29, 0.717) is 22.0 Å². The molecule has 1 aromatic carbocycles. The SMILES string of the molecule is CCOC1CC(Nc2cc(Br)c(F)cc2C)C12CCC2. The Hall–Kier alpha value is -0.610. The summed E-state index contributed by atoms with van der Waals surface area (Å²) >= 11 is 3.27. The molecule has 0 bridgehead atoms. The van der Waals surface area contributed by atoms with E-state index in [9.17, 15) is 4.39 Å². The Labute approximate surface area is 128 Å². The number of nitrogens with one attached hydrogen (secondary N) is 1. The molecule has 0 saturated heterocycles. The summed E-state index contributed by atoms with van der Waals surface area (Å²) in [4.78, 5) is 0.